The van der Waals surface area contributed by atoms with Crippen molar-refractivity contribution in [3.05, 3.63) is 35.9 Å². The van der Waals surface area contributed by atoms with Gasteiger partial charge in [0.2, 0.25) is 0 Å². The van der Waals surface area contributed by atoms with Crippen LogP contribution in [0.25, 0.3) is 0 Å². The van der Waals surface area contributed by atoms with E-state index in [4.69, 9.17) is 4.74 Å². The first-order chi connectivity index (χ1) is 7.35. The second-order valence-corrected chi connectivity index (χ2v) is 4.03. The molecule has 0 aliphatic carbocycles. The molecule has 0 spiro atoms. The molecule has 1 aliphatic rings. The summed E-state index contributed by atoms with van der Waals surface area (Å²) in [6.07, 6.45) is 0.761. The molecular formula is C12H17NO2. The monoisotopic (exact) mass is 207 g/mol. The highest BCUT2D eigenvalue weighted by atomic mass is 16.5. The van der Waals surface area contributed by atoms with Crippen LogP contribution in [0, 0.1) is 0 Å². The Kier molecular flexibility index (Phi) is 3.36. The molecule has 0 radical (unpaired) electrons. The summed E-state index contributed by atoms with van der Waals surface area (Å²) >= 11 is 0. The smallest absolute Gasteiger partial charge is 0.108 e. The normalized spacial score (nSPS) is 26.5. The van der Waals surface area contributed by atoms with E-state index in [0.29, 0.717) is 6.61 Å². The van der Waals surface area contributed by atoms with E-state index in [1.54, 1.807) is 0 Å². The van der Waals surface area contributed by atoms with Crippen molar-refractivity contribution in [1.29, 1.82) is 0 Å². The van der Waals surface area contributed by atoms with Crippen LogP contribution in [0.5, 0.6) is 0 Å². The number of aliphatic hydroxyl groups is 1. The van der Waals surface area contributed by atoms with Gasteiger partial charge >= 0.3 is 0 Å². The van der Waals surface area contributed by atoms with Gasteiger partial charge in [0.15, 0.2) is 0 Å². The number of nitrogens with one attached hydrogen (secondary N) is 1. The lowest BCUT2D eigenvalue weighted by atomic mass is 9.94. The minimum Gasteiger partial charge on any atom is -0.393 e. The largest absolute Gasteiger partial charge is 0.393 e. The van der Waals surface area contributed by atoms with Crippen LogP contribution in [0.4, 0.5) is 0 Å². The summed E-state index contributed by atoms with van der Waals surface area (Å²) in [4.78, 5) is 0. The van der Waals surface area contributed by atoms with E-state index in [1.165, 1.54) is 5.56 Å². The Morgan fingerprint density at radius 2 is 2.13 bits per heavy atom. The first-order valence-electron chi connectivity index (χ1n) is 5.34. The summed E-state index contributed by atoms with van der Waals surface area (Å²) in [5.41, 5.74) is 0.773. The van der Waals surface area contributed by atoms with Crippen molar-refractivity contribution in [2.75, 3.05) is 26.3 Å². The van der Waals surface area contributed by atoms with Crippen molar-refractivity contribution < 1.29 is 9.84 Å². The maximum Gasteiger partial charge on any atom is 0.108 e. The minimum atomic E-state index is -0.431. The summed E-state index contributed by atoms with van der Waals surface area (Å²) in [6, 6.07) is 10.1. The van der Waals surface area contributed by atoms with Crippen LogP contribution in [-0.2, 0) is 11.2 Å². The van der Waals surface area contributed by atoms with Crippen molar-refractivity contribution in [2.24, 2.45) is 0 Å². The van der Waals surface area contributed by atoms with Gasteiger partial charge in [0.25, 0.3) is 0 Å². The molecule has 0 aromatic heterocycles. The number of ether oxygens (including phenoxy) is 1. The Morgan fingerprint density at radius 3 is 2.73 bits per heavy atom. The lowest BCUT2D eigenvalue weighted by Crippen LogP contribution is -2.53. The third-order valence-corrected chi connectivity index (χ3v) is 2.79. The molecule has 1 aromatic carbocycles. The molecule has 2 rings (SSSR count). The number of morpholine rings is 1. The zero-order valence-corrected chi connectivity index (χ0v) is 8.78. The fraction of sp³-hybridized carbons (Fsp3) is 0.500. The van der Waals surface area contributed by atoms with E-state index in [2.05, 4.69) is 17.4 Å². The lowest BCUT2D eigenvalue weighted by Gasteiger charge is -2.36. The van der Waals surface area contributed by atoms with Crippen molar-refractivity contribution in [3.63, 3.8) is 0 Å². The maximum atomic E-state index is 9.44. The average molecular weight is 207 g/mol. The molecule has 2 N–H and O–H groups in total. The van der Waals surface area contributed by atoms with Crippen LogP contribution < -0.4 is 5.32 Å². The topological polar surface area (TPSA) is 41.5 Å². The molecule has 1 saturated heterocycles. The van der Waals surface area contributed by atoms with Gasteiger partial charge < -0.3 is 15.2 Å². The Morgan fingerprint density at radius 1 is 1.33 bits per heavy atom. The van der Waals surface area contributed by atoms with E-state index in [1.807, 2.05) is 18.2 Å². The molecule has 1 atom stereocenters. The van der Waals surface area contributed by atoms with Gasteiger partial charge in [-0.2, -0.15) is 0 Å². The number of hydrogen-bond donors (Lipinski definition) is 2. The number of hydrogen-bond acceptors (Lipinski definition) is 3. The molecule has 1 fully saturated rings. The molecule has 3 heteroatoms. The number of benzene rings is 1. The van der Waals surface area contributed by atoms with Gasteiger partial charge in [-0.3, -0.25) is 0 Å². The Labute approximate surface area is 90.1 Å². The van der Waals surface area contributed by atoms with Gasteiger partial charge in [0.1, 0.15) is 5.60 Å². The number of aliphatic hydroxyl groups excluding tert-OH is 1. The Balaban J connectivity index is 2.07. The summed E-state index contributed by atoms with van der Waals surface area (Å²) in [6.45, 7) is 2.33. The number of rotatable bonds is 3. The Bertz CT molecular complexity index is 294. The van der Waals surface area contributed by atoms with Gasteiger partial charge in [-0.1, -0.05) is 30.3 Å². The van der Waals surface area contributed by atoms with Gasteiger partial charge in [-0.25, -0.2) is 0 Å². The highest BCUT2D eigenvalue weighted by molar-refractivity contribution is 5.17. The molecule has 0 saturated carbocycles. The molecule has 82 valence electrons. The average Bonchev–Trinajstić information content (AvgIpc) is 2.32. The molecule has 15 heavy (non-hydrogen) atoms. The van der Waals surface area contributed by atoms with Crippen molar-refractivity contribution in [1.82, 2.24) is 5.32 Å². The van der Waals surface area contributed by atoms with Gasteiger partial charge in [-0.05, 0) is 5.56 Å². The van der Waals surface area contributed by atoms with E-state index >= 15 is 0 Å². The lowest BCUT2D eigenvalue weighted by molar-refractivity contribution is -0.0954. The van der Waals surface area contributed by atoms with Crippen molar-refractivity contribution in [3.8, 4) is 0 Å². The van der Waals surface area contributed by atoms with Crippen LogP contribution >= 0.6 is 0 Å². The summed E-state index contributed by atoms with van der Waals surface area (Å²) in [5.74, 6) is 0. The predicted octanol–water partition coefficient (Wildman–Crippen LogP) is 0.580. The van der Waals surface area contributed by atoms with Crippen LogP contribution in [-0.4, -0.2) is 37.0 Å². The highest BCUT2D eigenvalue weighted by Gasteiger charge is 2.32. The maximum absolute atomic E-state index is 9.44. The van der Waals surface area contributed by atoms with Crippen LogP contribution in [0.15, 0.2) is 30.3 Å². The first-order valence-corrected chi connectivity index (χ1v) is 5.34. The van der Waals surface area contributed by atoms with Crippen LogP contribution in [0.1, 0.15) is 5.56 Å². The van der Waals surface area contributed by atoms with Crippen molar-refractivity contribution in [2.45, 2.75) is 12.0 Å². The second-order valence-electron chi connectivity index (χ2n) is 4.03. The van der Waals surface area contributed by atoms with E-state index in [-0.39, 0.29) is 6.61 Å². The quantitative estimate of drug-likeness (QED) is 0.762. The molecule has 0 unspecified atom stereocenters. The third kappa shape index (κ3) is 2.56. The predicted molar refractivity (Wildman–Crippen MR) is 58.8 cm³/mol. The zero-order valence-electron chi connectivity index (χ0n) is 8.78. The summed E-state index contributed by atoms with van der Waals surface area (Å²) in [7, 11) is 0. The van der Waals surface area contributed by atoms with E-state index in [9.17, 15) is 5.11 Å². The SMILES string of the molecule is OC[C@@]1(Cc2ccccc2)CNCCO1. The van der Waals surface area contributed by atoms with Crippen molar-refractivity contribution >= 4 is 0 Å². The second kappa shape index (κ2) is 4.75. The summed E-state index contributed by atoms with van der Waals surface area (Å²) < 4.78 is 5.71. The molecule has 1 heterocycles. The first kappa shape index (κ1) is 10.6. The van der Waals surface area contributed by atoms with Gasteiger partial charge in [0, 0.05) is 19.5 Å². The van der Waals surface area contributed by atoms with Gasteiger partial charge in [0.05, 0.1) is 13.2 Å². The molecule has 1 aromatic rings. The molecule has 3 nitrogen and oxygen atoms in total. The zero-order chi connectivity index (χ0) is 10.6. The van der Waals surface area contributed by atoms with Gasteiger partial charge in [-0.15, -0.1) is 0 Å². The fourth-order valence-electron chi connectivity index (χ4n) is 1.95. The highest BCUT2D eigenvalue weighted by Crippen LogP contribution is 2.19. The molecule has 1 aliphatic heterocycles. The Hall–Kier alpha value is -0.900. The summed E-state index contributed by atoms with van der Waals surface area (Å²) in [5, 5.41) is 12.7. The van der Waals surface area contributed by atoms with E-state index < -0.39 is 5.60 Å². The third-order valence-electron chi connectivity index (χ3n) is 2.79. The van der Waals surface area contributed by atoms with Crippen LogP contribution in [0.3, 0.4) is 0 Å². The molecule has 0 bridgehead atoms. The standard InChI is InChI=1S/C12H17NO2/c14-10-12(9-13-6-7-15-12)8-11-4-2-1-3-5-11/h1-5,13-14H,6-10H2/t12-/m1/s1. The fourth-order valence-corrected chi connectivity index (χ4v) is 1.95. The minimum absolute atomic E-state index is 0.0644. The van der Waals surface area contributed by atoms with E-state index in [0.717, 1.165) is 19.5 Å². The molecular weight excluding hydrogens is 190 g/mol. The van der Waals surface area contributed by atoms with Crippen LogP contribution in [0.2, 0.25) is 0 Å². The molecule has 0 amide bonds.